The van der Waals surface area contributed by atoms with Crippen molar-refractivity contribution in [2.75, 3.05) is 6.54 Å². The second kappa shape index (κ2) is 3.57. The Kier molecular flexibility index (Phi) is 2.41. The van der Waals surface area contributed by atoms with Crippen LogP contribution in [0.25, 0.3) is 0 Å². The first-order chi connectivity index (χ1) is 6.70. The summed E-state index contributed by atoms with van der Waals surface area (Å²) in [7, 11) is 0. The van der Waals surface area contributed by atoms with Crippen LogP contribution in [0.1, 0.15) is 23.2 Å². The number of hydrogen-bond donors (Lipinski definition) is 0. The fourth-order valence-electron chi connectivity index (χ4n) is 1.45. The highest BCUT2D eigenvalue weighted by atomic mass is 79.9. The smallest absolute Gasteiger partial charge is 0.264 e. The van der Waals surface area contributed by atoms with E-state index in [0.29, 0.717) is 23.2 Å². The van der Waals surface area contributed by atoms with Crippen molar-refractivity contribution >= 4 is 27.7 Å². The van der Waals surface area contributed by atoms with E-state index in [-0.39, 0.29) is 11.8 Å². The van der Waals surface area contributed by atoms with Crippen molar-refractivity contribution in [1.29, 1.82) is 0 Å². The van der Waals surface area contributed by atoms with E-state index in [1.165, 1.54) is 11.2 Å². The average molecular weight is 258 g/mol. The number of likely N-dealkylation sites (tertiary alicyclic amines) is 1. The Morgan fingerprint density at radius 2 is 2.36 bits per heavy atom. The van der Waals surface area contributed by atoms with Crippen LogP contribution >= 0.6 is 15.9 Å². The topological polar surface area (TPSA) is 50.5 Å². The zero-order valence-electron chi connectivity index (χ0n) is 7.33. The number of hydrogen-bond acceptors (Lipinski definition) is 3. The summed E-state index contributed by atoms with van der Waals surface area (Å²) in [5.41, 5.74) is 0.403. The highest BCUT2D eigenvalue weighted by Gasteiger charge is 2.29. The van der Waals surface area contributed by atoms with E-state index >= 15 is 0 Å². The Bertz CT molecular complexity index is 385. The molecular formula is C9H8BrNO3. The highest BCUT2D eigenvalue weighted by Crippen LogP contribution is 2.21. The maximum atomic E-state index is 11.8. The minimum atomic E-state index is -0.284. The first-order valence-corrected chi connectivity index (χ1v) is 5.07. The molecule has 1 aliphatic rings. The molecule has 1 aromatic rings. The third kappa shape index (κ3) is 1.48. The molecule has 74 valence electrons. The van der Waals surface area contributed by atoms with Gasteiger partial charge in [-0.2, -0.15) is 0 Å². The minimum absolute atomic E-state index is 0.108. The van der Waals surface area contributed by atoms with Crippen molar-refractivity contribution < 1.29 is 14.0 Å². The standard InChI is InChI=1S/C9H8BrNO3/c10-8-6(3-5-14-8)9(13)11-4-1-2-7(11)12/h3,5H,1-2,4H2. The number of halogens is 1. The summed E-state index contributed by atoms with van der Waals surface area (Å²) in [6.45, 7) is 0.509. The Hall–Kier alpha value is -1.10. The third-order valence-electron chi connectivity index (χ3n) is 2.17. The first-order valence-electron chi connectivity index (χ1n) is 4.28. The summed E-state index contributed by atoms with van der Waals surface area (Å²) in [6.07, 6.45) is 2.62. The van der Waals surface area contributed by atoms with Crippen molar-refractivity contribution in [2.45, 2.75) is 12.8 Å². The summed E-state index contributed by atoms with van der Waals surface area (Å²) in [5, 5.41) is 0. The lowest BCUT2D eigenvalue weighted by molar-refractivity contribution is -0.125. The fourth-order valence-corrected chi connectivity index (χ4v) is 1.86. The average Bonchev–Trinajstić information content (AvgIpc) is 2.73. The second-order valence-electron chi connectivity index (χ2n) is 3.06. The lowest BCUT2D eigenvalue weighted by Gasteiger charge is -2.11. The molecule has 0 aromatic carbocycles. The van der Waals surface area contributed by atoms with Gasteiger partial charge in [0.1, 0.15) is 0 Å². The van der Waals surface area contributed by atoms with Gasteiger partial charge in [-0.25, -0.2) is 0 Å². The molecular weight excluding hydrogens is 250 g/mol. The number of carbonyl (C=O) groups is 2. The normalized spacial score (nSPS) is 16.4. The van der Waals surface area contributed by atoms with Gasteiger partial charge >= 0.3 is 0 Å². The molecule has 0 spiro atoms. The lowest BCUT2D eigenvalue weighted by atomic mass is 10.3. The van der Waals surface area contributed by atoms with Crippen LogP contribution in [0.5, 0.6) is 0 Å². The van der Waals surface area contributed by atoms with Gasteiger partial charge in [0, 0.05) is 13.0 Å². The Morgan fingerprint density at radius 1 is 1.57 bits per heavy atom. The number of nitrogens with zero attached hydrogens (tertiary/aromatic N) is 1. The van der Waals surface area contributed by atoms with Crippen LogP contribution in [0.2, 0.25) is 0 Å². The first kappa shape index (κ1) is 9.45. The zero-order valence-corrected chi connectivity index (χ0v) is 8.91. The Balaban J connectivity index is 2.24. The lowest BCUT2D eigenvalue weighted by Crippen LogP contribution is -2.31. The molecule has 2 rings (SSSR count). The van der Waals surface area contributed by atoms with Gasteiger partial charge in [-0.05, 0) is 28.4 Å². The monoisotopic (exact) mass is 257 g/mol. The van der Waals surface area contributed by atoms with E-state index < -0.39 is 0 Å². The summed E-state index contributed by atoms with van der Waals surface area (Å²) >= 11 is 3.11. The number of imide groups is 1. The Morgan fingerprint density at radius 3 is 2.86 bits per heavy atom. The summed E-state index contributed by atoms with van der Waals surface area (Å²) < 4.78 is 5.32. The van der Waals surface area contributed by atoms with Crippen LogP contribution in [0.15, 0.2) is 21.4 Å². The predicted octanol–water partition coefficient (Wildman–Crippen LogP) is 1.80. The van der Waals surface area contributed by atoms with Crippen LogP contribution in [0.4, 0.5) is 0 Å². The molecule has 2 heterocycles. The highest BCUT2D eigenvalue weighted by molar-refractivity contribution is 9.10. The van der Waals surface area contributed by atoms with Crippen LogP contribution in [0, 0.1) is 0 Å². The number of carbonyl (C=O) groups excluding carboxylic acids is 2. The molecule has 1 aliphatic heterocycles. The number of amides is 2. The zero-order chi connectivity index (χ0) is 10.1. The van der Waals surface area contributed by atoms with Crippen molar-refractivity contribution in [3.8, 4) is 0 Å². The van der Waals surface area contributed by atoms with E-state index in [0.717, 1.165) is 6.42 Å². The molecule has 0 aliphatic carbocycles. The third-order valence-corrected chi connectivity index (χ3v) is 2.78. The molecule has 0 saturated carbocycles. The van der Waals surface area contributed by atoms with E-state index in [1.807, 2.05) is 0 Å². The molecule has 0 atom stereocenters. The van der Waals surface area contributed by atoms with Crippen molar-refractivity contribution in [2.24, 2.45) is 0 Å². The molecule has 1 fully saturated rings. The van der Waals surface area contributed by atoms with Gasteiger partial charge in [0.15, 0.2) is 4.67 Å². The Labute approximate surface area is 89.0 Å². The van der Waals surface area contributed by atoms with Gasteiger partial charge in [-0.3, -0.25) is 14.5 Å². The summed E-state index contributed by atoms with van der Waals surface area (Å²) in [6, 6.07) is 1.55. The van der Waals surface area contributed by atoms with E-state index in [1.54, 1.807) is 6.07 Å². The molecule has 0 N–H and O–H groups in total. The van der Waals surface area contributed by atoms with E-state index in [4.69, 9.17) is 4.42 Å². The number of rotatable bonds is 1. The van der Waals surface area contributed by atoms with Crippen LogP contribution < -0.4 is 0 Å². The molecule has 0 bridgehead atoms. The maximum absolute atomic E-state index is 11.8. The van der Waals surface area contributed by atoms with Gasteiger partial charge in [0.25, 0.3) is 5.91 Å². The van der Waals surface area contributed by atoms with Gasteiger partial charge in [-0.15, -0.1) is 0 Å². The molecule has 0 unspecified atom stereocenters. The quantitative estimate of drug-likeness (QED) is 0.722. The minimum Gasteiger partial charge on any atom is -0.457 e. The van der Waals surface area contributed by atoms with Crippen molar-refractivity contribution in [3.05, 3.63) is 22.6 Å². The molecule has 2 amide bonds. The molecule has 1 saturated heterocycles. The number of furan rings is 1. The van der Waals surface area contributed by atoms with Crippen molar-refractivity contribution in [3.63, 3.8) is 0 Å². The van der Waals surface area contributed by atoms with Crippen LogP contribution in [-0.2, 0) is 4.79 Å². The SMILES string of the molecule is O=C1CCCN1C(=O)c1ccoc1Br. The fraction of sp³-hybridized carbons (Fsp3) is 0.333. The predicted molar refractivity (Wildman–Crippen MR) is 51.7 cm³/mol. The van der Waals surface area contributed by atoms with E-state index in [9.17, 15) is 9.59 Å². The van der Waals surface area contributed by atoms with Gasteiger partial charge in [-0.1, -0.05) is 0 Å². The molecule has 5 heteroatoms. The van der Waals surface area contributed by atoms with Crippen LogP contribution in [-0.4, -0.2) is 23.3 Å². The molecule has 14 heavy (non-hydrogen) atoms. The van der Waals surface area contributed by atoms with Gasteiger partial charge in [0.05, 0.1) is 11.8 Å². The van der Waals surface area contributed by atoms with Crippen LogP contribution in [0.3, 0.4) is 0 Å². The van der Waals surface area contributed by atoms with Gasteiger partial charge < -0.3 is 4.42 Å². The van der Waals surface area contributed by atoms with E-state index in [2.05, 4.69) is 15.9 Å². The van der Waals surface area contributed by atoms with Gasteiger partial charge in [0.2, 0.25) is 5.91 Å². The van der Waals surface area contributed by atoms with Crippen molar-refractivity contribution in [1.82, 2.24) is 4.90 Å². The molecule has 1 aromatic heterocycles. The molecule has 4 nitrogen and oxygen atoms in total. The molecule has 0 radical (unpaired) electrons. The maximum Gasteiger partial charge on any atom is 0.264 e. The summed E-state index contributed by atoms with van der Waals surface area (Å²) in [5.74, 6) is -0.392. The second-order valence-corrected chi connectivity index (χ2v) is 3.78. The summed E-state index contributed by atoms with van der Waals surface area (Å²) in [4.78, 5) is 24.3. The largest absolute Gasteiger partial charge is 0.457 e.